The van der Waals surface area contributed by atoms with Gasteiger partial charge in [0.25, 0.3) is 0 Å². The molecule has 0 aliphatic rings. The number of carbonyl (C=O) groups is 1. The molecular weight excluding hydrogens is 278 g/mol. The van der Waals surface area contributed by atoms with Gasteiger partial charge in [0.2, 0.25) is 5.91 Å². The molecule has 0 aliphatic carbocycles. The van der Waals surface area contributed by atoms with Crippen LogP contribution < -0.4 is 15.2 Å². The van der Waals surface area contributed by atoms with Crippen LogP contribution in [0.5, 0.6) is 11.5 Å². The number of carbonyl (C=O) groups excluding carboxylic acids is 1. The fourth-order valence-electron chi connectivity index (χ4n) is 1.80. The largest absolute Gasteiger partial charge is 0.491 e. The highest BCUT2D eigenvalue weighted by Crippen LogP contribution is 2.24. The molecule has 0 atom stereocenters. The standard InChI is InChI=1S/C18H25NO3/c1-5-7-8-14(6-2)12-21-16-9-15(18(19)20)10-17(11-16)22-13(3)4/h6-11,13H,5,12H2,1-4H3,(H2,19,20)/b8-7-,14-6+. The molecule has 0 heterocycles. The summed E-state index contributed by atoms with van der Waals surface area (Å²) in [5.41, 5.74) is 6.80. The Labute approximate surface area is 132 Å². The fourth-order valence-corrected chi connectivity index (χ4v) is 1.80. The first-order chi connectivity index (χ1) is 10.5. The van der Waals surface area contributed by atoms with Gasteiger partial charge in [-0.05, 0) is 44.9 Å². The number of allylic oxidation sites excluding steroid dienone is 2. The Morgan fingerprint density at radius 1 is 1.27 bits per heavy atom. The topological polar surface area (TPSA) is 61.6 Å². The second-order valence-corrected chi connectivity index (χ2v) is 5.19. The first-order valence-electron chi connectivity index (χ1n) is 7.52. The zero-order valence-corrected chi connectivity index (χ0v) is 13.8. The molecule has 0 fully saturated rings. The molecule has 4 heteroatoms. The first kappa shape index (κ1) is 17.8. The lowest BCUT2D eigenvalue weighted by atomic mass is 10.2. The highest BCUT2D eigenvalue weighted by atomic mass is 16.5. The van der Waals surface area contributed by atoms with Crippen molar-refractivity contribution in [2.24, 2.45) is 5.73 Å². The minimum atomic E-state index is -0.504. The Kier molecular flexibility index (Phi) is 7.23. The van der Waals surface area contributed by atoms with E-state index < -0.39 is 5.91 Å². The smallest absolute Gasteiger partial charge is 0.248 e. The van der Waals surface area contributed by atoms with E-state index in [1.54, 1.807) is 18.2 Å². The van der Waals surface area contributed by atoms with Crippen molar-refractivity contribution in [3.05, 3.63) is 47.6 Å². The van der Waals surface area contributed by atoms with Crippen molar-refractivity contribution in [3.8, 4) is 11.5 Å². The lowest BCUT2D eigenvalue weighted by Gasteiger charge is -2.13. The Balaban J connectivity index is 2.91. The van der Waals surface area contributed by atoms with Gasteiger partial charge in [0.05, 0.1) is 6.10 Å². The summed E-state index contributed by atoms with van der Waals surface area (Å²) in [6.45, 7) is 8.31. The number of hydrogen-bond acceptors (Lipinski definition) is 3. The maximum Gasteiger partial charge on any atom is 0.248 e. The summed E-state index contributed by atoms with van der Waals surface area (Å²) < 4.78 is 11.4. The maximum absolute atomic E-state index is 11.4. The van der Waals surface area contributed by atoms with Gasteiger partial charge in [0.1, 0.15) is 18.1 Å². The third-order valence-electron chi connectivity index (χ3n) is 2.88. The Morgan fingerprint density at radius 3 is 2.50 bits per heavy atom. The number of nitrogens with two attached hydrogens (primary N) is 1. The average molecular weight is 303 g/mol. The molecule has 0 spiro atoms. The van der Waals surface area contributed by atoms with E-state index in [0.29, 0.717) is 23.7 Å². The predicted molar refractivity (Wildman–Crippen MR) is 89.4 cm³/mol. The van der Waals surface area contributed by atoms with Gasteiger partial charge < -0.3 is 15.2 Å². The van der Waals surface area contributed by atoms with Crippen molar-refractivity contribution < 1.29 is 14.3 Å². The van der Waals surface area contributed by atoms with E-state index in [9.17, 15) is 4.79 Å². The van der Waals surface area contributed by atoms with E-state index in [1.165, 1.54) is 0 Å². The molecule has 0 saturated heterocycles. The number of rotatable bonds is 8. The third kappa shape index (κ3) is 6.04. The second-order valence-electron chi connectivity index (χ2n) is 5.19. The van der Waals surface area contributed by atoms with Crippen LogP contribution in [0.25, 0.3) is 0 Å². The van der Waals surface area contributed by atoms with Crippen LogP contribution in [0.4, 0.5) is 0 Å². The van der Waals surface area contributed by atoms with Crippen LogP contribution in [-0.2, 0) is 0 Å². The molecule has 0 saturated carbocycles. The van der Waals surface area contributed by atoms with E-state index in [-0.39, 0.29) is 6.10 Å². The van der Waals surface area contributed by atoms with Crippen LogP contribution in [0, 0.1) is 0 Å². The van der Waals surface area contributed by atoms with Gasteiger partial charge in [-0.15, -0.1) is 0 Å². The summed E-state index contributed by atoms with van der Waals surface area (Å²) in [4.78, 5) is 11.4. The summed E-state index contributed by atoms with van der Waals surface area (Å²) in [7, 11) is 0. The molecule has 2 N–H and O–H groups in total. The molecule has 4 nitrogen and oxygen atoms in total. The summed E-state index contributed by atoms with van der Waals surface area (Å²) in [5, 5.41) is 0. The molecule has 22 heavy (non-hydrogen) atoms. The molecule has 0 radical (unpaired) electrons. The fraction of sp³-hybridized carbons (Fsp3) is 0.389. The van der Waals surface area contributed by atoms with Gasteiger partial charge >= 0.3 is 0 Å². The lowest BCUT2D eigenvalue weighted by Crippen LogP contribution is -2.13. The number of ether oxygens (including phenoxy) is 2. The van der Waals surface area contributed by atoms with E-state index in [0.717, 1.165) is 12.0 Å². The molecule has 0 bridgehead atoms. The highest BCUT2D eigenvalue weighted by molar-refractivity contribution is 5.93. The zero-order valence-electron chi connectivity index (χ0n) is 13.8. The van der Waals surface area contributed by atoms with Crippen molar-refractivity contribution in [2.75, 3.05) is 6.61 Å². The minimum absolute atomic E-state index is 0.00885. The summed E-state index contributed by atoms with van der Waals surface area (Å²) >= 11 is 0. The van der Waals surface area contributed by atoms with Crippen molar-refractivity contribution in [1.82, 2.24) is 0 Å². The van der Waals surface area contributed by atoms with Crippen molar-refractivity contribution >= 4 is 5.91 Å². The van der Waals surface area contributed by atoms with Crippen LogP contribution in [0.2, 0.25) is 0 Å². The zero-order chi connectivity index (χ0) is 16.5. The van der Waals surface area contributed by atoms with Gasteiger partial charge in [-0.25, -0.2) is 0 Å². The molecule has 0 aromatic heterocycles. The summed E-state index contributed by atoms with van der Waals surface area (Å²) in [6.07, 6.45) is 7.08. The van der Waals surface area contributed by atoms with E-state index in [2.05, 4.69) is 13.0 Å². The second kappa shape index (κ2) is 8.93. The number of primary amides is 1. The van der Waals surface area contributed by atoms with Crippen LogP contribution >= 0.6 is 0 Å². The van der Waals surface area contributed by atoms with Crippen molar-refractivity contribution in [3.63, 3.8) is 0 Å². The van der Waals surface area contributed by atoms with E-state index >= 15 is 0 Å². The van der Waals surface area contributed by atoms with Gasteiger partial charge in [-0.2, -0.15) is 0 Å². The van der Waals surface area contributed by atoms with E-state index in [1.807, 2.05) is 32.9 Å². The molecular formula is C18H25NO3. The number of benzene rings is 1. The van der Waals surface area contributed by atoms with Gasteiger partial charge in [0, 0.05) is 11.6 Å². The minimum Gasteiger partial charge on any atom is -0.491 e. The van der Waals surface area contributed by atoms with Crippen LogP contribution in [0.1, 0.15) is 44.5 Å². The molecule has 120 valence electrons. The quantitative estimate of drug-likeness (QED) is 0.742. The van der Waals surface area contributed by atoms with Crippen LogP contribution in [0.3, 0.4) is 0 Å². The molecule has 1 aromatic carbocycles. The third-order valence-corrected chi connectivity index (χ3v) is 2.88. The molecule has 1 aromatic rings. The SMILES string of the molecule is C/C=C(\C=C/CC)COc1cc(OC(C)C)cc(C(N)=O)c1. The first-order valence-corrected chi connectivity index (χ1v) is 7.52. The molecule has 0 aliphatic heterocycles. The van der Waals surface area contributed by atoms with Gasteiger partial charge in [0.15, 0.2) is 0 Å². The van der Waals surface area contributed by atoms with Crippen LogP contribution in [0.15, 0.2) is 42.0 Å². The van der Waals surface area contributed by atoms with Gasteiger partial charge in [-0.1, -0.05) is 25.2 Å². The maximum atomic E-state index is 11.4. The Bertz CT molecular complexity index is 559. The normalized spacial score (nSPS) is 12.0. The lowest BCUT2D eigenvalue weighted by molar-refractivity contribution is 0.0999. The molecule has 1 rings (SSSR count). The Morgan fingerprint density at radius 2 is 1.95 bits per heavy atom. The summed E-state index contributed by atoms with van der Waals surface area (Å²) in [6, 6.07) is 5.03. The van der Waals surface area contributed by atoms with Crippen molar-refractivity contribution in [2.45, 2.75) is 40.2 Å². The molecule has 0 unspecified atom stereocenters. The predicted octanol–water partition coefficient (Wildman–Crippen LogP) is 3.86. The summed E-state index contributed by atoms with van der Waals surface area (Å²) in [5.74, 6) is 0.639. The monoisotopic (exact) mass is 303 g/mol. The average Bonchev–Trinajstić information content (AvgIpc) is 2.46. The number of hydrogen-bond donors (Lipinski definition) is 1. The molecule has 1 amide bonds. The van der Waals surface area contributed by atoms with Crippen LogP contribution in [-0.4, -0.2) is 18.6 Å². The van der Waals surface area contributed by atoms with E-state index in [4.69, 9.17) is 15.2 Å². The van der Waals surface area contributed by atoms with Crippen molar-refractivity contribution in [1.29, 1.82) is 0 Å². The van der Waals surface area contributed by atoms with Gasteiger partial charge in [-0.3, -0.25) is 4.79 Å². The Hall–Kier alpha value is -2.23. The number of amides is 1. The highest BCUT2D eigenvalue weighted by Gasteiger charge is 2.09.